The highest BCUT2D eigenvalue weighted by atomic mass is 16.2. The maximum absolute atomic E-state index is 13.0. The number of H-pyrrole nitrogens is 1. The monoisotopic (exact) mass is 390 g/mol. The molecule has 1 amide bonds. The van der Waals surface area contributed by atoms with E-state index in [0.29, 0.717) is 24.0 Å². The van der Waals surface area contributed by atoms with Crippen LogP contribution in [0.25, 0.3) is 22.0 Å². The lowest BCUT2D eigenvalue weighted by Gasteiger charge is -2.32. The number of rotatable bonds is 5. The molecular weight excluding hydrogens is 364 g/mol. The number of amides is 1. The summed E-state index contributed by atoms with van der Waals surface area (Å²) in [5.74, 6) is 0.0604. The highest BCUT2D eigenvalue weighted by Crippen LogP contribution is 2.27. The van der Waals surface area contributed by atoms with E-state index in [1.54, 1.807) is 16.8 Å². The number of aromatic amines is 1. The Morgan fingerprint density at radius 2 is 2.00 bits per heavy atom. The number of carbonyl (C=O) groups is 1. The Hall–Kier alpha value is -3.12. The highest BCUT2D eigenvalue weighted by Gasteiger charge is 2.21. The summed E-state index contributed by atoms with van der Waals surface area (Å²) in [5.41, 5.74) is 3.10. The van der Waals surface area contributed by atoms with E-state index in [1.807, 2.05) is 41.4 Å². The number of fused-ring (bicyclic) bond motifs is 1. The maximum Gasteiger partial charge on any atom is 0.274 e. The fourth-order valence-electron chi connectivity index (χ4n) is 3.84. The summed E-state index contributed by atoms with van der Waals surface area (Å²) in [6.07, 6.45) is 6.20. The van der Waals surface area contributed by atoms with E-state index in [2.05, 4.69) is 23.5 Å². The fourth-order valence-corrected chi connectivity index (χ4v) is 3.84. The molecule has 0 aliphatic carbocycles. The lowest BCUT2D eigenvalue weighted by Crippen LogP contribution is -2.47. The topological polar surface area (TPSA) is 61.3 Å². The second kappa shape index (κ2) is 8.09. The maximum atomic E-state index is 13.0. The predicted molar refractivity (Wildman–Crippen MR) is 116 cm³/mol. The molecule has 29 heavy (non-hydrogen) atoms. The zero-order valence-corrected chi connectivity index (χ0v) is 16.7. The Morgan fingerprint density at radius 1 is 1.21 bits per heavy atom. The zero-order valence-electron chi connectivity index (χ0n) is 16.7. The minimum absolute atomic E-state index is 0.0414. The molecule has 6 nitrogen and oxygen atoms in total. The SMILES string of the molecule is C=CCCn1cc(-c2cccc(C(=O)N3CCN(C)CC3)c2)c2cc[nH]c2c1=O. The first-order valence-electron chi connectivity index (χ1n) is 9.98. The normalized spacial score (nSPS) is 15.0. The number of aryl methyl sites for hydroxylation is 1. The summed E-state index contributed by atoms with van der Waals surface area (Å²) in [7, 11) is 2.08. The van der Waals surface area contributed by atoms with Gasteiger partial charge in [0.25, 0.3) is 11.5 Å². The quantitative estimate of drug-likeness (QED) is 0.682. The van der Waals surface area contributed by atoms with E-state index in [9.17, 15) is 9.59 Å². The third kappa shape index (κ3) is 3.76. The number of hydrogen-bond donors (Lipinski definition) is 1. The fraction of sp³-hybridized carbons (Fsp3) is 0.304. The third-order valence-electron chi connectivity index (χ3n) is 5.58. The van der Waals surface area contributed by atoms with Crippen LogP contribution >= 0.6 is 0 Å². The van der Waals surface area contributed by atoms with Gasteiger partial charge in [0.05, 0.1) is 0 Å². The number of allylic oxidation sites excluding steroid dienone is 1. The average molecular weight is 390 g/mol. The molecule has 1 aliphatic heterocycles. The number of carbonyl (C=O) groups excluding carboxylic acids is 1. The molecule has 0 atom stereocenters. The van der Waals surface area contributed by atoms with Crippen molar-refractivity contribution >= 4 is 16.8 Å². The van der Waals surface area contributed by atoms with Gasteiger partial charge in [0.15, 0.2) is 0 Å². The van der Waals surface area contributed by atoms with Crippen LogP contribution in [0.3, 0.4) is 0 Å². The molecule has 150 valence electrons. The van der Waals surface area contributed by atoms with Gasteiger partial charge in [-0.1, -0.05) is 18.2 Å². The number of pyridine rings is 1. The second-order valence-corrected chi connectivity index (χ2v) is 7.56. The van der Waals surface area contributed by atoms with Crippen molar-refractivity contribution in [2.75, 3.05) is 33.2 Å². The van der Waals surface area contributed by atoms with Crippen molar-refractivity contribution in [2.24, 2.45) is 0 Å². The Labute approximate surface area is 170 Å². The van der Waals surface area contributed by atoms with Crippen LogP contribution in [-0.4, -0.2) is 58.5 Å². The number of benzene rings is 1. The van der Waals surface area contributed by atoms with E-state index in [0.717, 1.165) is 42.7 Å². The molecule has 0 radical (unpaired) electrons. The standard InChI is InChI=1S/C23H26N4O2/c1-3-4-10-27-16-20(19-8-9-24-21(19)23(27)29)17-6-5-7-18(15-17)22(28)26-13-11-25(2)12-14-26/h3,5-9,15-16,24H,1,4,10-14H2,2H3. The number of nitrogens with one attached hydrogen (secondary N) is 1. The first kappa shape index (κ1) is 19.2. The minimum atomic E-state index is -0.0414. The molecule has 0 unspecified atom stereocenters. The van der Waals surface area contributed by atoms with Gasteiger partial charge in [0.2, 0.25) is 0 Å². The van der Waals surface area contributed by atoms with Gasteiger partial charge in [-0.25, -0.2) is 0 Å². The largest absolute Gasteiger partial charge is 0.357 e. The molecule has 6 heteroatoms. The Balaban J connectivity index is 1.73. The summed E-state index contributed by atoms with van der Waals surface area (Å²) in [5, 5.41) is 0.869. The summed E-state index contributed by atoms with van der Waals surface area (Å²) in [4.78, 5) is 32.9. The summed E-state index contributed by atoms with van der Waals surface area (Å²) in [6.45, 7) is 7.60. The molecular formula is C23H26N4O2. The van der Waals surface area contributed by atoms with E-state index in [-0.39, 0.29) is 11.5 Å². The van der Waals surface area contributed by atoms with Crippen LogP contribution in [0, 0.1) is 0 Å². The lowest BCUT2D eigenvalue weighted by atomic mass is 10.0. The van der Waals surface area contributed by atoms with Gasteiger partial charge in [-0.2, -0.15) is 0 Å². The van der Waals surface area contributed by atoms with Crippen molar-refractivity contribution in [3.63, 3.8) is 0 Å². The lowest BCUT2D eigenvalue weighted by molar-refractivity contribution is 0.0664. The van der Waals surface area contributed by atoms with Gasteiger partial charge in [-0.05, 0) is 37.2 Å². The number of nitrogens with zero attached hydrogens (tertiary/aromatic N) is 3. The van der Waals surface area contributed by atoms with Crippen molar-refractivity contribution in [1.82, 2.24) is 19.4 Å². The first-order chi connectivity index (χ1) is 14.1. The first-order valence-corrected chi connectivity index (χ1v) is 9.98. The Morgan fingerprint density at radius 3 is 2.76 bits per heavy atom. The molecule has 1 aliphatic rings. The van der Waals surface area contributed by atoms with Gasteiger partial charge in [-0.3, -0.25) is 9.59 Å². The molecule has 1 fully saturated rings. The zero-order chi connectivity index (χ0) is 20.4. The minimum Gasteiger partial charge on any atom is -0.357 e. The second-order valence-electron chi connectivity index (χ2n) is 7.56. The van der Waals surface area contributed by atoms with Crippen molar-refractivity contribution in [3.8, 4) is 11.1 Å². The van der Waals surface area contributed by atoms with E-state index in [1.165, 1.54) is 0 Å². The Kier molecular flexibility index (Phi) is 5.36. The van der Waals surface area contributed by atoms with Gasteiger partial charge >= 0.3 is 0 Å². The van der Waals surface area contributed by atoms with Crippen LogP contribution in [0.1, 0.15) is 16.8 Å². The molecule has 1 aromatic carbocycles. The van der Waals surface area contributed by atoms with Crippen molar-refractivity contribution in [3.05, 3.63) is 71.3 Å². The van der Waals surface area contributed by atoms with Gasteiger partial charge in [-0.15, -0.1) is 6.58 Å². The van der Waals surface area contributed by atoms with Crippen molar-refractivity contribution in [2.45, 2.75) is 13.0 Å². The Bertz CT molecular complexity index is 1100. The van der Waals surface area contributed by atoms with Gasteiger partial charge in [0.1, 0.15) is 5.52 Å². The predicted octanol–water partition coefficient (Wildman–Crippen LogP) is 2.96. The third-order valence-corrected chi connectivity index (χ3v) is 5.58. The number of aromatic nitrogens is 2. The molecule has 3 heterocycles. The highest BCUT2D eigenvalue weighted by molar-refractivity contribution is 5.98. The van der Waals surface area contributed by atoms with Crippen LogP contribution in [-0.2, 0) is 6.54 Å². The van der Waals surface area contributed by atoms with E-state index < -0.39 is 0 Å². The van der Waals surface area contributed by atoms with Crippen LogP contribution < -0.4 is 5.56 Å². The summed E-state index contributed by atoms with van der Waals surface area (Å²) < 4.78 is 1.71. The molecule has 4 rings (SSSR count). The van der Waals surface area contributed by atoms with E-state index in [4.69, 9.17) is 0 Å². The van der Waals surface area contributed by atoms with E-state index >= 15 is 0 Å². The molecule has 3 aromatic rings. The molecule has 1 saturated heterocycles. The molecule has 2 aromatic heterocycles. The molecule has 0 bridgehead atoms. The number of likely N-dealkylation sites (N-methyl/N-ethyl adjacent to an activating group) is 1. The average Bonchev–Trinajstić information content (AvgIpc) is 3.24. The van der Waals surface area contributed by atoms with Crippen LogP contribution in [0.5, 0.6) is 0 Å². The smallest absolute Gasteiger partial charge is 0.274 e. The van der Waals surface area contributed by atoms with Crippen molar-refractivity contribution in [1.29, 1.82) is 0 Å². The molecule has 1 N–H and O–H groups in total. The van der Waals surface area contributed by atoms with Crippen LogP contribution in [0.2, 0.25) is 0 Å². The summed E-state index contributed by atoms with van der Waals surface area (Å²) >= 11 is 0. The van der Waals surface area contributed by atoms with Gasteiger partial charge in [0, 0.05) is 61.6 Å². The summed E-state index contributed by atoms with van der Waals surface area (Å²) in [6, 6.07) is 9.62. The van der Waals surface area contributed by atoms with Gasteiger partial charge < -0.3 is 19.4 Å². The number of hydrogen-bond acceptors (Lipinski definition) is 3. The number of piperazine rings is 1. The van der Waals surface area contributed by atoms with Crippen molar-refractivity contribution < 1.29 is 4.79 Å². The molecule has 0 spiro atoms. The van der Waals surface area contributed by atoms with Crippen LogP contribution in [0.15, 0.2) is 60.2 Å². The molecule has 0 saturated carbocycles. The van der Waals surface area contributed by atoms with Crippen LogP contribution in [0.4, 0.5) is 0 Å².